The smallest absolute Gasteiger partial charge is 0.258 e. The number of amides is 1. The Kier molecular flexibility index (Phi) is 5.45. The van der Waals surface area contributed by atoms with E-state index < -0.39 is 0 Å². The fourth-order valence-electron chi connectivity index (χ4n) is 2.71. The lowest BCUT2D eigenvalue weighted by molar-refractivity contribution is 0.102. The molecule has 1 heterocycles. The lowest BCUT2D eigenvalue weighted by atomic mass is 9.87. The third kappa shape index (κ3) is 4.74. The average molecular weight is 374 g/mol. The van der Waals surface area contributed by atoms with Crippen LogP contribution in [-0.4, -0.2) is 15.9 Å². The summed E-state index contributed by atoms with van der Waals surface area (Å²) in [6.45, 7) is 10.6. The molecule has 0 unspecified atom stereocenters. The monoisotopic (exact) mass is 374 g/mol. The second-order valence-electron chi connectivity index (χ2n) is 8.00. The molecule has 0 saturated heterocycles. The fraction of sp³-hybridized carbons (Fsp3) is 0.261. The van der Waals surface area contributed by atoms with E-state index in [1.54, 1.807) is 0 Å². The van der Waals surface area contributed by atoms with E-state index in [4.69, 9.17) is 0 Å². The Morgan fingerprint density at radius 3 is 2.04 bits per heavy atom. The van der Waals surface area contributed by atoms with Crippen molar-refractivity contribution in [1.82, 2.24) is 9.97 Å². The van der Waals surface area contributed by atoms with Crippen molar-refractivity contribution < 1.29 is 4.79 Å². The Morgan fingerprint density at radius 2 is 1.46 bits per heavy atom. The molecule has 1 amide bonds. The van der Waals surface area contributed by atoms with Gasteiger partial charge in [-0.15, -0.1) is 0 Å². The zero-order valence-electron chi connectivity index (χ0n) is 17.0. The molecule has 0 radical (unpaired) electrons. The van der Waals surface area contributed by atoms with E-state index in [-0.39, 0.29) is 11.3 Å². The van der Waals surface area contributed by atoms with E-state index in [1.807, 2.05) is 44.2 Å². The van der Waals surface area contributed by atoms with Gasteiger partial charge in [-0.25, -0.2) is 9.97 Å². The molecule has 144 valence electrons. The highest BCUT2D eigenvalue weighted by atomic mass is 16.1. The van der Waals surface area contributed by atoms with E-state index in [0.717, 1.165) is 16.9 Å². The molecule has 5 nitrogen and oxygen atoms in total. The van der Waals surface area contributed by atoms with E-state index in [1.165, 1.54) is 23.5 Å². The number of aryl methyl sites for hydroxylation is 2. The minimum Gasteiger partial charge on any atom is -0.324 e. The third-order valence-electron chi connectivity index (χ3n) is 4.69. The zero-order chi connectivity index (χ0) is 20.3. The first kappa shape index (κ1) is 19.5. The molecule has 2 aromatic carbocycles. The summed E-state index contributed by atoms with van der Waals surface area (Å²) < 4.78 is 0. The molecule has 5 heteroatoms. The summed E-state index contributed by atoms with van der Waals surface area (Å²) >= 11 is 0. The number of carbonyl (C=O) groups excluding carboxylic acids is 1. The summed E-state index contributed by atoms with van der Waals surface area (Å²) in [4.78, 5) is 20.9. The zero-order valence-corrected chi connectivity index (χ0v) is 17.0. The van der Waals surface area contributed by atoms with E-state index >= 15 is 0 Å². The van der Waals surface area contributed by atoms with Crippen LogP contribution in [0.4, 0.5) is 17.3 Å². The van der Waals surface area contributed by atoms with Gasteiger partial charge in [0.15, 0.2) is 0 Å². The van der Waals surface area contributed by atoms with Gasteiger partial charge in [0, 0.05) is 23.8 Å². The fourth-order valence-corrected chi connectivity index (χ4v) is 2.71. The van der Waals surface area contributed by atoms with Gasteiger partial charge < -0.3 is 10.6 Å². The highest BCUT2D eigenvalue weighted by Crippen LogP contribution is 2.24. The number of rotatable bonds is 4. The Morgan fingerprint density at radius 1 is 0.857 bits per heavy atom. The highest BCUT2D eigenvalue weighted by Gasteiger charge is 2.13. The van der Waals surface area contributed by atoms with Crippen LogP contribution < -0.4 is 10.6 Å². The molecule has 28 heavy (non-hydrogen) atoms. The van der Waals surface area contributed by atoms with Crippen LogP contribution in [0.3, 0.4) is 0 Å². The number of anilines is 3. The number of aromatic nitrogens is 2. The lowest BCUT2D eigenvalue weighted by Gasteiger charge is -2.19. The maximum atomic E-state index is 12.4. The van der Waals surface area contributed by atoms with Crippen molar-refractivity contribution in [2.24, 2.45) is 0 Å². The van der Waals surface area contributed by atoms with Gasteiger partial charge in [0.1, 0.15) is 0 Å². The molecule has 0 aliphatic heterocycles. The summed E-state index contributed by atoms with van der Waals surface area (Å²) in [7, 11) is 0. The first-order valence-electron chi connectivity index (χ1n) is 9.30. The lowest BCUT2D eigenvalue weighted by Crippen LogP contribution is -2.13. The normalized spacial score (nSPS) is 11.2. The summed E-state index contributed by atoms with van der Waals surface area (Å²) in [5.41, 5.74) is 5.76. The van der Waals surface area contributed by atoms with Crippen molar-refractivity contribution in [1.29, 1.82) is 0 Å². The molecule has 2 N–H and O–H groups in total. The third-order valence-corrected chi connectivity index (χ3v) is 4.69. The Labute approximate surface area is 166 Å². The van der Waals surface area contributed by atoms with E-state index in [9.17, 15) is 4.79 Å². The van der Waals surface area contributed by atoms with Gasteiger partial charge >= 0.3 is 0 Å². The second kappa shape index (κ2) is 7.80. The molecule has 3 aromatic rings. The van der Waals surface area contributed by atoms with Gasteiger partial charge in [-0.05, 0) is 60.2 Å². The Balaban J connectivity index is 1.65. The van der Waals surface area contributed by atoms with Crippen molar-refractivity contribution in [3.8, 4) is 0 Å². The van der Waals surface area contributed by atoms with Gasteiger partial charge in [0.05, 0.1) is 5.56 Å². The van der Waals surface area contributed by atoms with Crippen LogP contribution in [0.5, 0.6) is 0 Å². The van der Waals surface area contributed by atoms with Crippen molar-refractivity contribution >= 4 is 23.2 Å². The maximum absolute atomic E-state index is 12.4. The van der Waals surface area contributed by atoms with Gasteiger partial charge in [-0.1, -0.05) is 39.0 Å². The summed E-state index contributed by atoms with van der Waals surface area (Å²) in [6.07, 6.45) is 3.05. The molecule has 0 fully saturated rings. The van der Waals surface area contributed by atoms with Crippen molar-refractivity contribution in [2.75, 3.05) is 10.6 Å². The quantitative estimate of drug-likeness (QED) is 0.643. The number of benzene rings is 2. The van der Waals surface area contributed by atoms with Crippen molar-refractivity contribution in [3.05, 3.63) is 77.1 Å². The molecule has 3 rings (SSSR count). The summed E-state index contributed by atoms with van der Waals surface area (Å²) in [5.74, 6) is 0.218. The first-order valence-corrected chi connectivity index (χ1v) is 9.30. The second-order valence-corrected chi connectivity index (χ2v) is 8.00. The molecule has 0 atom stereocenters. The number of nitrogens with zero attached hydrogens (tertiary/aromatic N) is 2. The van der Waals surface area contributed by atoms with Gasteiger partial charge in [0.2, 0.25) is 5.95 Å². The molecule has 0 bridgehead atoms. The van der Waals surface area contributed by atoms with Gasteiger partial charge in [0.25, 0.3) is 5.91 Å². The summed E-state index contributed by atoms with van der Waals surface area (Å²) in [6, 6.07) is 14.0. The summed E-state index contributed by atoms with van der Waals surface area (Å²) in [5, 5.41) is 6.03. The molecular weight excluding hydrogens is 348 g/mol. The minimum atomic E-state index is -0.232. The van der Waals surface area contributed by atoms with E-state index in [2.05, 4.69) is 53.5 Å². The first-order chi connectivity index (χ1) is 13.2. The number of nitrogens with one attached hydrogen (secondary N) is 2. The topological polar surface area (TPSA) is 66.9 Å². The van der Waals surface area contributed by atoms with Crippen molar-refractivity contribution in [2.45, 2.75) is 40.0 Å². The van der Waals surface area contributed by atoms with E-state index in [0.29, 0.717) is 11.5 Å². The Bertz CT molecular complexity index is 971. The number of carbonyl (C=O) groups is 1. The van der Waals surface area contributed by atoms with Crippen LogP contribution in [-0.2, 0) is 5.41 Å². The number of hydrogen-bond acceptors (Lipinski definition) is 4. The number of hydrogen-bond donors (Lipinski definition) is 2. The molecule has 1 aromatic heterocycles. The van der Waals surface area contributed by atoms with Crippen LogP contribution in [0.1, 0.15) is 47.8 Å². The van der Waals surface area contributed by atoms with Crippen LogP contribution >= 0.6 is 0 Å². The average Bonchev–Trinajstić information content (AvgIpc) is 2.65. The van der Waals surface area contributed by atoms with Gasteiger partial charge in [-0.2, -0.15) is 0 Å². The van der Waals surface area contributed by atoms with Crippen LogP contribution in [0.15, 0.2) is 54.9 Å². The largest absolute Gasteiger partial charge is 0.324 e. The molecule has 0 aliphatic carbocycles. The van der Waals surface area contributed by atoms with Crippen molar-refractivity contribution in [3.63, 3.8) is 0 Å². The van der Waals surface area contributed by atoms with Crippen LogP contribution in [0.2, 0.25) is 0 Å². The van der Waals surface area contributed by atoms with Crippen LogP contribution in [0.25, 0.3) is 0 Å². The molecular formula is C23H26N4O. The molecule has 0 saturated carbocycles. The molecule has 0 spiro atoms. The van der Waals surface area contributed by atoms with Crippen LogP contribution in [0, 0.1) is 13.8 Å². The standard InChI is InChI=1S/C23H26N4O/c1-15-6-9-20(12-16(15)2)26-21(28)17-13-24-22(25-14-17)27-19-10-7-18(8-11-19)23(3,4)5/h6-14H,1-5H3,(H,26,28)(H,24,25,27). The minimum absolute atomic E-state index is 0.111. The molecule has 0 aliphatic rings. The maximum Gasteiger partial charge on any atom is 0.258 e. The predicted octanol–water partition coefficient (Wildman–Crippen LogP) is 5.39. The SMILES string of the molecule is Cc1ccc(NC(=O)c2cnc(Nc3ccc(C(C)(C)C)cc3)nc2)cc1C. The predicted molar refractivity (Wildman–Crippen MR) is 114 cm³/mol. The van der Waals surface area contributed by atoms with Gasteiger partial charge in [-0.3, -0.25) is 4.79 Å². The highest BCUT2D eigenvalue weighted by molar-refractivity contribution is 6.03. The Hall–Kier alpha value is -3.21.